The molecule has 2 heterocycles. The number of para-hydroxylation sites is 1. The number of carbonyl (C=O) groups is 4. The first kappa shape index (κ1) is 54.5. The molecule has 2 aromatic carbocycles. The van der Waals surface area contributed by atoms with Crippen LogP contribution in [0.4, 0.5) is 11.5 Å². The van der Waals surface area contributed by atoms with Crippen LogP contribution in [0.15, 0.2) is 103 Å². The number of benzene rings is 2. The number of hydrogen-bond acceptors (Lipinski definition) is 11. The van der Waals surface area contributed by atoms with E-state index in [9.17, 15) is 39.6 Å². The van der Waals surface area contributed by atoms with Crippen LogP contribution in [0.2, 0.25) is 0 Å². The maximum absolute atomic E-state index is 13.7. The second kappa shape index (κ2) is 24.3. The molecule has 4 aliphatic carbocycles. The van der Waals surface area contributed by atoms with Gasteiger partial charge in [-0.3, -0.25) is 24.2 Å². The van der Waals surface area contributed by atoms with Gasteiger partial charge in [0.1, 0.15) is 5.82 Å². The number of hydrogen-bond donors (Lipinski definition) is 9. The smallest absolute Gasteiger partial charge is 0.303 e. The molecule has 0 bridgehead atoms. The Balaban J connectivity index is 0.786. The molecule has 8 rings (SSSR count). The van der Waals surface area contributed by atoms with Crippen LogP contribution in [0, 0.1) is 46.3 Å². The Bertz CT molecular complexity index is 2510. The standard InChI is InChI=1S/C59H79N7O8/c1-36(22-27-52(71)72)41-23-24-42-53-43(35-48(68)59(41,42)3)58(2)29-28-39(33-38(58)34-47(53)67)64-51(70)26-25-50(69)63-32-12-9-18-44(60)57(74)65-45-19-8-7-17-40(45)55(66-49-21-11-14-31-62-49)54(46-20-10-13-30-61-46)56(73)37-15-5-4-6-16-37/h4-8,10-11,13-17,19-21,30-31,36,38-39,41-44,47-48,53-56,67-68,73H,9,12,18,22-29,32-35,60H2,1-3H3,(H,62,66)(H,63,69)(H,64,70)(H,65,74)(H,71,72)/t36?,38-,39-,41?,42?,43-,44-,47+,48-,53-,54?,55?,56?,58-,59?/m0/s1. The summed E-state index contributed by atoms with van der Waals surface area (Å²) >= 11 is 0. The lowest BCUT2D eigenvalue weighted by molar-refractivity contribution is -0.202. The average molecular weight is 1010 g/mol. The van der Waals surface area contributed by atoms with E-state index in [1.54, 1.807) is 12.4 Å². The minimum Gasteiger partial charge on any atom is -0.481 e. The number of pyridine rings is 2. The van der Waals surface area contributed by atoms with E-state index in [0.29, 0.717) is 73.4 Å². The normalized spacial score (nSPS) is 29.2. The highest BCUT2D eigenvalue weighted by Crippen LogP contribution is 2.68. The molecule has 0 aliphatic heterocycles. The maximum Gasteiger partial charge on any atom is 0.303 e. The molecule has 0 radical (unpaired) electrons. The maximum atomic E-state index is 13.7. The molecule has 15 atom stereocenters. The number of carbonyl (C=O) groups excluding carboxylic acids is 3. The number of nitrogens with two attached hydrogens (primary N) is 1. The molecule has 10 N–H and O–H groups in total. The fourth-order valence-corrected chi connectivity index (χ4v) is 14.3. The van der Waals surface area contributed by atoms with Crippen molar-refractivity contribution >= 4 is 35.2 Å². The first-order valence-electron chi connectivity index (χ1n) is 27.2. The number of rotatable bonds is 22. The Morgan fingerprint density at radius 3 is 2.23 bits per heavy atom. The van der Waals surface area contributed by atoms with Crippen LogP contribution in [-0.2, 0) is 19.2 Å². The summed E-state index contributed by atoms with van der Waals surface area (Å²) in [7, 11) is 0. The summed E-state index contributed by atoms with van der Waals surface area (Å²) in [6.07, 6.45) is 9.42. The highest BCUT2D eigenvalue weighted by Gasteiger charge is 2.65. The predicted molar refractivity (Wildman–Crippen MR) is 284 cm³/mol. The Labute approximate surface area is 436 Å². The number of aliphatic hydroxyl groups is 3. The average Bonchev–Trinajstić information content (AvgIpc) is 3.76. The molecule has 15 nitrogen and oxygen atoms in total. The number of nitrogens with zero attached hydrogens (tertiary/aromatic N) is 2. The van der Waals surface area contributed by atoms with Gasteiger partial charge in [0.2, 0.25) is 17.7 Å². The van der Waals surface area contributed by atoms with Crippen LogP contribution in [-0.4, -0.2) is 84.9 Å². The number of amides is 3. The van der Waals surface area contributed by atoms with Gasteiger partial charge < -0.3 is 47.4 Å². The third-order valence-electron chi connectivity index (χ3n) is 18.3. The molecule has 7 unspecified atom stereocenters. The summed E-state index contributed by atoms with van der Waals surface area (Å²) in [6.45, 7) is 7.04. The summed E-state index contributed by atoms with van der Waals surface area (Å²) in [5, 5.41) is 57.9. The summed E-state index contributed by atoms with van der Waals surface area (Å²) in [6, 6.07) is 26.5. The molecule has 2 aromatic heterocycles. The van der Waals surface area contributed by atoms with E-state index < -0.39 is 42.3 Å². The lowest BCUT2D eigenvalue weighted by Gasteiger charge is -2.63. The molecule has 74 heavy (non-hydrogen) atoms. The number of aromatic nitrogens is 2. The Morgan fingerprint density at radius 1 is 0.784 bits per heavy atom. The number of unbranched alkanes of at least 4 members (excludes halogenated alkanes) is 1. The third kappa shape index (κ3) is 12.2. The molecule has 3 amide bonds. The van der Waals surface area contributed by atoms with Gasteiger partial charge in [-0.2, -0.15) is 0 Å². The van der Waals surface area contributed by atoms with Crippen LogP contribution in [0.25, 0.3) is 0 Å². The number of carboxylic acids is 1. The molecule has 15 heteroatoms. The molecule has 4 aliphatic rings. The van der Waals surface area contributed by atoms with Gasteiger partial charge in [-0.25, -0.2) is 4.98 Å². The number of carboxylic acid groups (broad SMARTS) is 1. The third-order valence-corrected chi connectivity index (χ3v) is 18.3. The fraction of sp³-hybridized carbons (Fsp3) is 0.559. The number of aliphatic carboxylic acids is 1. The van der Waals surface area contributed by atoms with Gasteiger partial charge in [-0.1, -0.05) is 81.4 Å². The Hall–Kier alpha value is -5.74. The lowest BCUT2D eigenvalue weighted by Crippen LogP contribution is -2.63. The van der Waals surface area contributed by atoms with Crippen molar-refractivity contribution in [1.82, 2.24) is 20.6 Å². The Morgan fingerprint density at radius 2 is 1.50 bits per heavy atom. The van der Waals surface area contributed by atoms with Gasteiger partial charge in [-0.05, 0) is 158 Å². The van der Waals surface area contributed by atoms with E-state index >= 15 is 0 Å². The molecule has 0 saturated heterocycles. The van der Waals surface area contributed by atoms with Crippen molar-refractivity contribution in [3.05, 3.63) is 120 Å². The summed E-state index contributed by atoms with van der Waals surface area (Å²) in [5.74, 6) is -0.534. The minimum absolute atomic E-state index is 0.0484. The van der Waals surface area contributed by atoms with Crippen LogP contribution in [0.5, 0.6) is 0 Å². The summed E-state index contributed by atoms with van der Waals surface area (Å²) in [4.78, 5) is 60.4. The molecule has 398 valence electrons. The number of nitrogens with one attached hydrogen (secondary N) is 4. The van der Waals surface area contributed by atoms with E-state index in [-0.39, 0.29) is 89.4 Å². The highest BCUT2D eigenvalue weighted by atomic mass is 16.4. The quantitative estimate of drug-likeness (QED) is 0.0339. The van der Waals surface area contributed by atoms with E-state index in [0.717, 1.165) is 32.1 Å². The van der Waals surface area contributed by atoms with Crippen molar-refractivity contribution in [3.8, 4) is 0 Å². The van der Waals surface area contributed by atoms with Crippen molar-refractivity contribution in [2.75, 3.05) is 17.2 Å². The predicted octanol–water partition coefficient (Wildman–Crippen LogP) is 8.07. The molecule has 4 aromatic rings. The number of anilines is 2. The fourth-order valence-electron chi connectivity index (χ4n) is 14.3. The van der Waals surface area contributed by atoms with Crippen LogP contribution in [0.1, 0.15) is 146 Å². The van der Waals surface area contributed by atoms with E-state index in [4.69, 9.17) is 5.73 Å². The summed E-state index contributed by atoms with van der Waals surface area (Å²) < 4.78 is 0. The zero-order chi connectivity index (χ0) is 52.6. The van der Waals surface area contributed by atoms with Crippen molar-refractivity contribution in [1.29, 1.82) is 0 Å². The van der Waals surface area contributed by atoms with Gasteiger partial charge in [-0.15, -0.1) is 0 Å². The van der Waals surface area contributed by atoms with Gasteiger partial charge in [0.25, 0.3) is 0 Å². The second-order valence-electron chi connectivity index (χ2n) is 22.5. The molecular weight excluding hydrogens is 935 g/mol. The van der Waals surface area contributed by atoms with Crippen molar-refractivity contribution in [3.63, 3.8) is 0 Å². The van der Waals surface area contributed by atoms with E-state index in [2.05, 4.69) is 52.0 Å². The number of aliphatic hydroxyl groups excluding tert-OH is 3. The van der Waals surface area contributed by atoms with E-state index in [1.165, 1.54) is 0 Å². The summed E-state index contributed by atoms with van der Waals surface area (Å²) in [5.41, 5.74) is 8.65. The zero-order valence-corrected chi connectivity index (χ0v) is 43.3. The van der Waals surface area contributed by atoms with Gasteiger partial charge >= 0.3 is 5.97 Å². The topological polar surface area (TPSA) is 249 Å². The van der Waals surface area contributed by atoms with Crippen molar-refractivity contribution < 1.29 is 39.6 Å². The van der Waals surface area contributed by atoms with Gasteiger partial charge in [0, 0.05) is 55.6 Å². The second-order valence-corrected chi connectivity index (χ2v) is 22.5. The van der Waals surface area contributed by atoms with E-state index in [1.807, 2.05) is 91.0 Å². The zero-order valence-electron chi connectivity index (χ0n) is 43.3. The van der Waals surface area contributed by atoms with Crippen LogP contribution < -0.4 is 27.0 Å². The number of fused-ring (bicyclic) bond motifs is 5. The monoisotopic (exact) mass is 1010 g/mol. The SMILES string of the molecule is CC(CCC(=O)O)C1CCC2[C@@H]3[C@H](O)C[C@@H]4C[C@@H](NC(=O)CCC(=O)NCCCC[C@H](N)C(=O)Nc5ccccc5C(Nc5ccccn5)C(c5ccccn5)C(O)c5ccccc5)CC[C@]4(C)[C@H]3C[C@H](O)C12C. The Kier molecular flexibility index (Phi) is 17.9. The molecule has 4 saturated carbocycles. The first-order chi connectivity index (χ1) is 35.6. The van der Waals surface area contributed by atoms with Crippen LogP contribution in [0.3, 0.4) is 0 Å². The lowest BCUT2D eigenvalue weighted by atomic mass is 9.43. The van der Waals surface area contributed by atoms with Gasteiger partial charge in [0.15, 0.2) is 0 Å². The van der Waals surface area contributed by atoms with Crippen molar-refractivity contribution in [2.45, 2.75) is 153 Å². The van der Waals surface area contributed by atoms with Gasteiger partial charge in [0.05, 0.1) is 36.3 Å². The minimum atomic E-state index is -0.985. The highest BCUT2D eigenvalue weighted by molar-refractivity contribution is 5.95. The van der Waals surface area contributed by atoms with Crippen molar-refractivity contribution in [2.24, 2.45) is 52.1 Å². The first-order valence-corrected chi connectivity index (χ1v) is 27.2. The molecule has 0 spiro atoms. The molecule has 4 fully saturated rings. The molecular formula is C59H79N7O8. The largest absolute Gasteiger partial charge is 0.481 e. The van der Waals surface area contributed by atoms with Crippen LogP contribution >= 0.6 is 0 Å².